The van der Waals surface area contributed by atoms with Gasteiger partial charge in [-0.25, -0.2) is 8.42 Å². The molecule has 5 heteroatoms. The van der Waals surface area contributed by atoms with Crippen molar-refractivity contribution in [2.24, 2.45) is 5.84 Å². The molecule has 3 N–H and O–H groups in total. The van der Waals surface area contributed by atoms with E-state index >= 15 is 0 Å². The van der Waals surface area contributed by atoms with Crippen LogP contribution in [0.4, 0.5) is 5.69 Å². The highest BCUT2D eigenvalue weighted by Gasteiger charge is 2.16. The second kappa shape index (κ2) is 4.57. The average molecular weight is 248 g/mol. The first kappa shape index (κ1) is 11.6. The summed E-state index contributed by atoms with van der Waals surface area (Å²) >= 11 is 0. The van der Waals surface area contributed by atoms with Crippen molar-refractivity contribution in [1.29, 1.82) is 0 Å². The Balaban J connectivity index is 2.52. The van der Waals surface area contributed by atoms with Gasteiger partial charge in [-0.3, -0.25) is 5.84 Å². The number of nitrogens with one attached hydrogen (secondary N) is 1. The summed E-state index contributed by atoms with van der Waals surface area (Å²) in [7, 11) is -3.47. The summed E-state index contributed by atoms with van der Waals surface area (Å²) in [6.45, 7) is 0. The van der Waals surface area contributed by atoms with E-state index in [1.54, 1.807) is 48.5 Å². The van der Waals surface area contributed by atoms with E-state index < -0.39 is 9.84 Å². The van der Waals surface area contributed by atoms with Crippen LogP contribution in [-0.2, 0) is 9.84 Å². The van der Waals surface area contributed by atoms with Crippen LogP contribution < -0.4 is 11.3 Å². The molecule has 0 fully saturated rings. The van der Waals surface area contributed by atoms with Crippen molar-refractivity contribution in [1.82, 2.24) is 0 Å². The zero-order valence-corrected chi connectivity index (χ0v) is 9.81. The lowest BCUT2D eigenvalue weighted by molar-refractivity contribution is 0.596. The number of nitrogens with two attached hydrogens (primary N) is 1. The van der Waals surface area contributed by atoms with Crippen molar-refractivity contribution in [3.8, 4) is 0 Å². The smallest absolute Gasteiger partial charge is 0.206 e. The number of rotatable bonds is 3. The van der Waals surface area contributed by atoms with Crippen LogP contribution in [-0.4, -0.2) is 8.42 Å². The number of hydrogen-bond donors (Lipinski definition) is 2. The fourth-order valence-corrected chi connectivity index (χ4v) is 2.82. The predicted molar refractivity (Wildman–Crippen MR) is 66.1 cm³/mol. The van der Waals surface area contributed by atoms with Crippen molar-refractivity contribution < 1.29 is 8.42 Å². The average Bonchev–Trinajstić information content (AvgIpc) is 2.40. The largest absolute Gasteiger partial charge is 0.324 e. The van der Waals surface area contributed by atoms with Gasteiger partial charge in [0.05, 0.1) is 9.79 Å². The summed E-state index contributed by atoms with van der Waals surface area (Å²) in [5, 5.41) is 0. The highest BCUT2D eigenvalue weighted by atomic mass is 32.2. The van der Waals surface area contributed by atoms with E-state index in [0.717, 1.165) is 0 Å². The third kappa shape index (κ3) is 2.30. The maximum atomic E-state index is 12.2. The molecule has 0 amide bonds. The van der Waals surface area contributed by atoms with Gasteiger partial charge in [-0.15, -0.1) is 0 Å². The molecule has 88 valence electrons. The van der Waals surface area contributed by atoms with Crippen molar-refractivity contribution in [3.05, 3.63) is 54.6 Å². The van der Waals surface area contributed by atoms with Crippen LogP contribution >= 0.6 is 0 Å². The molecule has 0 aliphatic heterocycles. The predicted octanol–water partition coefficient (Wildman–Crippen LogP) is 1.81. The molecule has 2 rings (SSSR count). The van der Waals surface area contributed by atoms with Gasteiger partial charge in [-0.1, -0.05) is 24.3 Å². The van der Waals surface area contributed by atoms with Gasteiger partial charge < -0.3 is 5.43 Å². The molecule has 0 heterocycles. The van der Waals surface area contributed by atoms with E-state index in [0.29, 0.717) is 5.69 Å². The van der Waals surface area contributed by atoms with Gasteiger partial charge in [-0.2, -0.15) is 0 Å². The molecular formula is C12H12N2O2S. The fourth-order valence-electron chi connectivity index (χ4n) is 1.49. The van der Waals surface area contributed by atoms with Crippen LogP contribution in [0.15, 0.2) is 64.4 Å². The molecule has 0 saturated heterocycles. The summed E-state index contributed by atoms with van der Waals surface area (Å²) in [6, 6.07) is 14.7. The number of sulfone groups is 1. The summed E-state index contributed by atoms with van der Waals surface area (Å²) in [4.78, 5) is 0.494. The highest BCUT2D eigenvalue weighted by molar-refractivity contribution is 7.91. The molecule has 2 aromatic carbocycles. The molecule has 0 saturated carbocycles. The fraction of sp³-hybridized carbons (Fsp3) is 0. The number of hydrazine groups is 1. The van der Waals surface area contributed by atoms with Gasteiger partial charge in [0.2, 0.25) is 9.84 Å². The Morgan fingerprint density at radius 1 is 0.882 bits per heavy atom. The van der Waals surface area contributed by atoms with Crippen LogP contribution in [0, 0.1) is 0 Å². The lowest BCUT2D eigenvalue weighted by Gasteiger charge is -2.06. The van der Waals surface area contributed by atoms with E-state index in [2.05, 4.69) is 5.43 Å². The van der Waals surface area contributed by atoms with E-state index in [1.165, 1.54) is 6.07 Å². The molecule has 4 nitrogen and oxygen atoms in total. The molecule has 0 aliphatic carbocycles. The summed E-state index contributed by atoms with van der Waals surface area (Å²) < 4.78 is 24.5. The summed E-state index contributed by atoms with van der Waals surface area (Å²) in [5.41, 5.74) is 2.98. The first-order valence-electron chi connectivity index (χ1n) is 5.01. The van der Waals surface area contributed by atoms with E-state index in [1.807, 2.05) is 0 Å². The Kier molecular flexibility index (Phi) is 3.12. The van der Waals surface area contributed by atoms with E-state index in [-0.39, 0.29) is 9.79 Å². The summed E-state index contributed by atoms with van der Waals surface area (Å²) in [6.07, 6.45) is 0. The maximum Gasteiger partial charge on any atom is 0.206 e. The number of hydrogen-bond acceptors (Lipinski definition) is 4. The first-order valence-corrected chi connectivity index (χ1v) is 6.50. The van der Waals surface area contributed by atoms with Gasteiger partial charge >= 0.3 is 0 Å². The van der Waals surface area contributed by atoms with Gasteiger partial charge in [0.1, 0.15) is 0 Å². The molecule has 0 bridgehead atoms. The molecule has 0 radical (unpaired) electrons. The minimum absolute atomic E-state index is 0.221. The Bertz CT molecular complexity index is 609. The molecule has 2 aromatic rings. The Morgan fingerprint density at radius 3 is 2.18 bits per heavy atom. The topological polar surface area (TPSA) is 72.2 Å². The van der Waals surface area contributed by atoms with E-state index in [4.69, 9.17) is 5.84 Å². The lowest BCUT2D eigenvalue weighted by atomic mass is 10.3. The van der Waals surface area contributed by atoms with Crippen molar-refractivity contribution in [2.75, 3.05) is 5.43 Å². The molecule has 0 atom stereocenters. The Labute approximate surface area is 100.0 Å². The van der Waals surface area contributed by atoms with Crippen molar-refractivity contribution in [3.63, 3.8) is 0 Å². The quantitative estimate of drug-likeness (QED) is 0.642. The molecule has 0 unspecified atom stereocenters. The zero-order chi connectivity index (χ0) is 12.3. The van der Waals surface area contributed by atoms with Gasteiger partial charge in [-0.05, 0) is 30.3 Å². The van der Waals surface area contributed by atoms with Gasteiger partial charge in [0, 0.05) is 5.69 Å². The highest BCUT2D eigenvalue weighted by Crippen LogP contribution is 2.22. The van der Waals surface area contributed by atoms with Gasteiger partial charge in [0.15, 0.2) is 0 Å². The second-order valence-electron chi connectivity index (χ2n) is 3.49. The van der Waals surface area contributed by atoms with Crippen LogP contribution in [0.1, 0.15) is 0 Å². The number of benzene rings is 2. The normalized spacial score (nSPS) is 11.1. The third-order valence-corrected chi connectivity index (χ3v) is 4.13. The monoisotopic (exact) mass is 248 g/mol. The van der Waals surface area contributed by atoms with Crippen LogP contribution in [0.3, 0.4) is 0 Å². The molecular weight excluding hydrogens is 236 g/mol. The lowest BCUT2D eigenvalue weighted by Crippen LogP contribution is -2.08. The minimum atomic E-state index is -3.47. The Morgan fingerprint density at radius 2 is 1.53 bits per heavy atom. The second-order valence-corrected chi connectivity index (χ2v) is 5.44. The molecule has 0 spiro atoms. The molecule has 0 aliphatic rings. The Hall–Kier alpha value is -1.85. The SMILES string of the molecule is NNc1cccc(S(=O)(=O)c2ccccc2)c1. The van der Waals surface area contributed by atoms with Crippen molar-refractivity contribution in [2.45, 2.75) is 9.79 Å². The zero-order valence-electron chi connectivity index (χ0n) is 9.00. The molecule has 17 heavy (non-hydrogen) atoms. The minimum Gasteiger partial charge on any atom is -0.324 e. The summed E-state index contributed by atoms with van der Waals surface area (Å²) in [5.74, 6) is 5.26. The molecule has 0 aromatic heterocycles. The van der Waals surface area contributed by atoms with Gasteiger partial charge in [0.25, 0.3) is 0 Å². The standard InChI is InChI=1S/C12H12N2O2S/c13-14-10-5-4-8-12(9-10)17(15,16)11-6-2-1-3-7-11/h1-9,14H,13H2. The number of anilines is 1. The number of nitrogen functional groups attached to an aromatic ring is 1. The third-order valence-electron chi connectivity index (χ3n) is 2.36. The maximum absolute atomic E-state index is 12.2. The van der Waals surface area contributed by atoms with Crippen LogP contribution in [0.25, 0.3) is 0 Å². The van der Waals surface area contributed by atoms with E-state index in [9.17, 15) is 8.42 Å². The first-order chi connectivity index (χ1) is 8.14. The van der Waals surface area contributed by atoms with Crippen LogP contribution in [0.5, 0.6) is 0 Å². The van der Waals surface area contributed by atoms with Crippen molar-refractivity contribution >= 4 is 15.5 Å². The van der Waals surface area contributed by atoms with Crippen LogP contribution in [0.2, 0.25) is 0 Å².